The molecule has 0 atom stereocenters. The highest BCUT2D eigenvalue weighted by molar-refractivity contribution is 6.61. The fraction of sp³-hybridized carbons (Fsp3) is 0.333. The number of alkyl halides is 3. The smallest absolute Gasteiger partial charge is 0.410 e. The lowest BCUT2D eigenvalue weighted by atomic mass is 9.78. The van der Waals surface area contributed by atoms with E-state index >= 15 is 0 Å². The van der Waals surface area contributed by atoms with Crippen LogP contribution in [0.5, 0.6) is 0 Å². The maximum absolute atomic E-state index is 12.4. The van der Waals surface area contributed by atoms with Crippen molar-refractivity contribution in [3.8, 4) is 0 Å². The zero-order valence-electron chi connectivity index (χ0n) is 8.34. The van der Waals surface area contributed by atoms with Gasteiger partial charge in [0.25, 0.3) is 0 Å². The molecule has 6 heteroatoms. The van der Waals surface area contributed by atoms with Crippen molar-refractivity contribution in [3.63, 3.8) is 0 Å². The van der Waals surface area contributed by atoms with Crippen LogP contribution >= 0.6 is 0 Å². The maximum atomic E-state index is 12.4. The van der Waals surface area contributed by atoms with E-state index in [0.717, 1.165) is 12.1 Å². The van der Waals surface area contributed by atoms with Gasteiger partial charge in [0.05, 0.1) is 5.56 Å². The van der Waals surface area contributed by atoms with E-state index in [4.69, 9.17) is 9.31 Å². The quantitative estimate of drug-likeness (QED) is 0.718. The number of benzene rings is 1. The molecule has 0 aromatic heterocycles. The Morgan fingerprint density at radius 2 is 1.73 bits per heavy atom. The van der Waals surface area contributed by atoms with Gasteiger partial charge >= 0.3 is 13.3 Å². The van der Waals surface area contributed by atoms with Crippen molar-refractivity contribution < 1.29 is 22.5 Å². The zero-order chi connectivity index (χ0) is 11.5. The predicted molar refractivity (Wildman–Crippen MR) is 50.9 cm³/mol. The standard InChI is InChI=1S/C9H10BF3O2/c1-14-10(15-2)8-5-3-4-7(6-8)9(11,12)13/h3-6H,1-2H3. The zero-order valence-corrected chi connectivity index (χ0v) is 8.34. The van der Waals surface area contributed by atoms with E-state index in [1.165, 1.54) is 26.4 Å². The van der Waals surface area contributed by atoms with E-state index in [-0.39, 0.29) is 0 Å². The summed E-state index contributed by atoms with van der Waals surface area (Å²) in [6.45, 7) is 0. The highest BCUT2D eigenvalue weighted by Gasteiger charge is 2.31. The molecule has 0 N–H and O–H groups in total. The SMILES string of the molecule is COB(OC)c1cccc(C(F)(F)F)c1. The predicted octanol–water partition coefficient (Wildman–Crippen LogP) is 1.69. The first-order chi connectivity index (χ1) is 6.99. The first-order valence-electron chi connectivity index (χ1n) is 4.21. The molecule has 82 valence electrons. The van der Waals surface area contributed by atoms with Crippen LogP contribution in [-0.4, -0.2) is 21.3 Å². The van der Waals surface area contributed by atoms with Gasteiger partial charge in [-0.1, -0.05) is 24.3 Å². The molecule has 0 bridgehead atoms. The van der Waals surface area contributed by atoms with Crippen LogP contribution < -0.4 is 5.46 Å². The van der Waals surface area contributed by atoms with E-state index in [2.05, 4.69) is 0 Å². The molecule has 1 aromatic rings. The van der Waals surface area contributed by atoms with E-state index in [9.17, 15) is 13.2 Å². The summed E-state index contributed by atoms with van der Waals surface area (Å²) in [5, 5.41) is 0. The van der Waals surface area contributed by atoms with Gasteiger partial charge in [-0.25, -0.2) is 0 Å². The fourth-order valence-electron chi connectivity index (χ4n) is 1.23. The Morgan fingerprint density at radius 1 is 1.13 bits per heavy atom. The Kier molecular flexibility index (Phi) is 3.76. The largest absolute Gasteiger partial charge is 0.493 e. The molecular formula is C9H10BF3O2. The minimum Gasteiger partial charge on any atom is -0.410 e. The molecule has 1 aromatic carbocycles. The molecular weight excluding hydrogens is 208 g/mol. The van der Waals surface area contributed by atoms with E-state index in [0.29, 0.717) is 5.46 Å². The maximum Gasteiger partial charge on any atom is 0.493 e. The highest BCUT2D eigenvalue weighted by Crippen LogP contribution is 2.28. The van der Waals surface area contributed by atoms with Gasteiger partial charge in [0.15, 0.2) is 0 Å². The molecule has 15 heavy (non-hydrogen) atoms. The van der Waals surface area contributed by atoms with E-state index in [1.807, 2.05) is 0 Å². The monoisotopic (exact) mass is 218 g/mol. The minimum absolute atomic E-state index is 0.342. The van der Waals surface area contributed by atoms with Gasteiger partial charge in [-0.2, -0.15) is 13.2 Å². The Morgan fingerprint density at radius 3 is 2.20 bits per heavy atom. The summed E-state index contributed by atoms with van der Waals surface area (Å²) in [6, 6.07) is 4.86. The summed E-state index contributed by atoms with van der Waals surface area (Å²) in [4.78, 5) is 0. The van der Waals surface area contributed by atoms with Crippen molar-refractivity contribution in [2.75, 3.05) is 14.2 Å². The summed E-state index contributed by atoms with van der Waals surface area (Å²) in [6.07, 6.45) is -4.35. The Labute approximate surface area is 86.1 Å². The Hall–Kier alpha value is -1.01. The molecule has 0 aliphatic rings. The van der Waals surface area contributed by atoms with Crippen LogP contribution in [-0.2, 0) is 15.5 Å². The van der Waals surface area contributed by atoms with Crippen LogP contribution in [0.2, 0.25) is 0 Å². The van der Waals surface area contributed by atoms with E-state index < -0.39 is 18.9 Å². The highest BCUT2D eigenvalue weighted by atomic mass is 19.4. The normalized spacial score (nSPS) is 11.5. The lowest BCUT2D eigenvalue weighted by Gasteiger charge is -2.11. The molecule has 0 saturated carbocycles. The lowest BCUT2D eigenvalue weighted by Crippen LogP contribution is -2.35. The molecule has 0 spiro atoms. The number of hydrogen-bond acceptors (Lipinski definition) is 2. The van der Waals surface area contributed by atoms with Crippen molar-refractivity contribution in [3.05, 3.63) is 29.8 Å². The summed E-state index contributed by atoms with van der Waals surface area (Å²) in [5.74, 6) is 0. The van der Waals surface area contributed by atoms with Crippen molar-refractivity contribution in [1.29, 1.82) is 0 Å². The van der Waals surface area contributed by atoms with E-state index in [1.54, 1.807) is 0 Å². The first-order valence-corrected chi connectivity index (χ1v) is 4.21. The van der Waals surface area contributed by atoms with Crippen molar-refractivity contribution in [2.45, 2.75) is 6.18 Å². The molecule has 0 unspecified atom stereocenters. The minimum atomic E-state index is -4.35. The average Bonchev–Trinajstić information content (AvgIpc) is 2.19. The summed E-state index contributed by atoms with van der Waals surface area (Å²) < 4.78 is 46.8. The van der Waals surface area contributed by atoms with Gasteiger partial charge in [0.2, 0.25) is 0 Å². The second kappa shape index (κ2) is 4.68. The third-order valence-corrected chi connectivity index (χ3v) is 1.91. The third kappa shape index (κ3) is 2.97. The number of rotatable bonds is 3. The molecule has 0 fully saturated rings. The van der Waals surface area contributed by atoms with Crippen LogP contribution in [0.15, 0.2) is 24.3 Å². The second-order valence-corrected chi connectivity index (χ2v) is 2.93. The van der Waals surface area contributed by atoms with Gasteiger partial charge in [-0.15, -0.1) is 0 Å². The summed E-state index contributed by atoms with van der Waals surface area (Å²) in [5.41, 5.74) is -0.367. The van der Waals surface area contributed by atoms with Gasteiger partial charge < -0.3 is 9.31 Å². The molecule has 1 rings (SSSR count). The molecule has 0 amide bonds. The molecule has 0 radical (unpaired) electrons. The van der Waals surface area contributed by atoms with Crippen LogP contribution in [0.4, 0.5) is 13.2 Å². The van der Waals surface area contributed by atoms with Crippen LogP contribution in [0.3, 0.4) is 0 Å². The third-order valence-electron chi connectivity index (χ3n) is 1.91. The molecule has 0 saturated heterocycles. The summed E-state index contributed by atoms with van der Waals surface area (Å²) >= 11 is 0. The van der Waals surface area contributed by atoms with Crippen LogP contribution in [0, 0.1) is 0 Å². The van der Waals surface area contributed by atoms with Gasteiger partial charge in [-0.3, -0.25) is 0 Å². The second-order valence-electron chi connectivity index (χ2n) is 2.93. The molecule has 0 heterocycles. The van der Waals surface area contributed by atoms with Gasteiger partial charge in [0, 0.05) is 14.2 Å². The number of halogens is 3. The molecule has 2 nitrogen and oxygen atoms in total. The van der Waals surface area contributed by atoms with Crippen LogP contribution in [0.1, 0.15) is 5.56 Å². The Balaban J connectivity index is 3.02. The van der Waals surface area contributed by atoms with Gasteiger partial charge in [0.1, 0.15) is 0 Å². The van der Waals surface area contributed by atoms with Crippen molar-refractivity contribution in [1.82, 2.24) is 0 Å². The molecule has 0 aliphatic heterocycles. The summed E-state index contributed by atoms with van der Waals surface area (Å²) in [7, 11) is 1.97. The topological polar surface area (TPSA) is 18.5 Å². The Bertz CT molecular complexity index is 323. The molecule has 0 aliphatic carbocycles. The lowest BCUT2D eigenvalue weighted by molar-refractivity contribution is -0.137. The number of hydrogen-bond donors (Lipinski definition) is 0. The fourth-order valence-corrected chi connectivity index (χ4v) is 1.23. The van der Waals surface area contributed by atoms with Crippen molar-refractivity contribution in [2.24, 2.45) is 0 Å². The van der Waals surface area contributed by atoms with Gasteiger partial charge in [-0.05, 0) is 5.46 Å². The average molecular weight is 218 g/mol. The first kappa shape index (κ1) is 12.1. The van der Waals surface area contributed by atoms with Crippen LogP contribution in [0.25, 0.3) is 0 Å². The van der Waals surface area contributed by atoms with Crippen molar-refractivity contribution >= 4 is 12.6 Å².